The summed E-state index contributed by atoms with van der Waals surface area (Å²) in [5, 5.41) is 0.451. The number of hydrogen-bond acceptors (Lipinski definition) is 3. The molecular weight excluding hydrogens is 343 g/mol. The SMILES string of the molecule is CC(C)CCN1CCN(S(=O)(=O)c2cccc(Cl)c2)CC1.Cl. The van der Waals surface area contributed by atoms with Gasteiger partial charge in [0.1, 0.15) is 0 Å². The molecule has 1 aromatic rings. The monoisotopic (exact) mass is 366 g/mol. The van der Waals surface area contributed by atoms with Gasteiger partial charge in [-0.3, -0.25) is 0 Å². The van der Waals surface area contributed by atoms with Crippen LogP contribution in [0.1, 0.15) is 20.3 Å². The lowest BCUT2D eigenvalue weighted by atomic mass is 10.1. The topological polar surface area (TPSA) is 40.6 Å². The number of hydrogen-bond donors (Lipinski definition) is 0. The molecule has 0 aliphatic carbocycles. The summed E-state index contributed by atoms with van der Waals surface area (Å²) in [6.07, 6.45) is 1.15. The number of nitrogens with zero attached hydrogens (tertiary/aromatic N) is 2. The first-order valence-corrected chi connectivity index (χ1v) is 9.19. The molecule has 126 valence electrons. The van der Waals surface area contributed by atoms with E-state index in [1.54, 1.807) is 22.5 Å². The van der Waals surface area contributed by atoms with Crippen LogP contribution in [0.4, 0.5) is 0 Å². The third-order valence-electron chi connectivity index (χ3n) is 3.79. The van der Waals surface area contributed by atoms with E-state index in [-0.39, 0.29) is 17.3 Å². The number of benzene rings is 1. The van der Waals surface area contributed by atoms with Crippen molar-refractivity contribution in [2.24, 2.45) is 5.92 Å². The Bertz CT molecular complexity index is 571. The van der Waals surface area contributed by atoms with Crippen LogP contribution in [0.25, 0.3) is 0 Å². The van der Waals surface area contributed by atoms with Crippen molar-refractivity contribution in [2.45, 2.75) is 25.2 Å². The zero-order valence-electron chi connectivity index (χ0n) is 13.0. The van der Waals surface area contributed by atoms with E-state index >= 15 is 0 Å². The van der Waals surface area contributed by atoms with E-state index in [1.807, 2.05) is 0 Å². The zero-order valence-corrected chi connectivity index (χ0v) is 15.4. The highest BCUT2D eigenvalue weighted by Gasteiger charge is 2.28. The Morgan fingerprint density at radius 1 is 1.18 bits per heavy atom. The van der Waals surface area contributed by atoms with Crippen LogP contribution in [-0.2, 0) is 10.0 Å². The summed E-state index contributed by atoms with van der Waals surface area (Å²) in [4.78, 5) is 2.62. The Balaban J connectivity index is 0.00000242. The minimum absolute atomic E-state index is 0. The molecule has 1 aromatic carbocycles. The van der Waals surface area contributed by atoms with Crippen LogP contribution in [0.15, 0.2) is 29.2 Å². The van der Waals surface area contributed by atoms with Crippen molar-refractivity contribution >= 4 is 34.0 Å². The molecule has 4 nitrogen and oxygen atoms in total. The van der Waals surface area contributed by atoms with E-state index in [4.69, 9.17) is 11.6 Å². The second-order valence-corrected chi connectivity index (χ2v) is 8.26. The Kier molecular flexibility index (Phi) is 7.62. The average Bonchev–Trinajstić information content (AvgIpc) is 2.45. The van der Waals surface area contributed by atoms with E-state index < -0.39 is 10.0 Å². The molecule has 0 aromatic heterocycles. The van der Waals surface area contributed by atoms with Crippen LogP contribution in [-0.4, -0.2) is 50.3 Å². The van der Waals surface area contributed by atoms with E-state index in [1.165, 1.54) is 6.07 Å². The Labute approximate surface area is 144 Å². The highest BCUT2D eigenvalue weighted by Crippen LogP contribution is 2.21. The van der Waals surface area contributed by atoms with Crippen LogP contribution in [0.5, 0.6) is 0 Å². The number of piperazine rings is 1. The maximum atomic E-state index is 12.6. The molecule has 1 saturated heterocycles. The fourth-order valence-electron chi connectivity index (χ4n) is 2.41. The molecule has 0 radical (unpaired) electrons. The lowest BCUT2D eigenvalue weighted by Crippen LogP contribution is -2.48. The van der Waals surface area contributed by atoms with E-state index in [0.717, 1.165) is 26.1 Å². The molecule has 22 heavy (non-hydrogen) atoms. The van der Waals surface area contributed by atoms with Crippen LogP contribution in [0.2, 0.25) is 5.02 Å². The lowest BCUT2D eigenvalue weighted by Gasteiger charge is -2.34. The normalized spacial score (nSPS) is 17.5. The van der Waals surface area contributed by atoms with Gasteiger partial charge in [0.15, 0.2) is 0 Å². The maximum Gasteiger partial charge on any atom is 0.243 e. The molecule has 0 N–H and O–H groups in total. The minimum Gasteiger partial charge on any atom is -0.301 e. The predicted molar refractivity (Wildman–Crippen MR) is 93.4 cm³/mol. The van der Waals surface area contributed by atoms with Crippen molar-refractivity contribution in [3.8, 4) is 0 Å². The third kappa shape index (κ3) is 5.10. The average molecular weight is 367 g/mol. The molecule has 1 heterocycles. The van der Waals surface area contributed by atoms with Gasteiger partial charge in [0.05, 0.1) is 4.90 Å². The summed E-state index contributed by atoms with van der Waals surface area (Å²) in [6, 6.07) is 6.48. The molecule has 0 atom stereocenters. The van der Waals surface area contributed by atoms with Crippen molar-refractivity contribution in [1.29, 1.82) is 0 Å². The highest BCUT2D eigenvalue weighted by molar-refractivity contribution is 7.89. The summed E-state index contributed by atoms with van der Waals surface area (Å²) >= 11 is 5.89. The second-order valence-electron chi connectivity index (χ2n) is 5.89. The molecule has 0 saturated carbocycles. The number of sulfonamides is 1. The fourth-order valence-corrected chi connectivity index (χ4v) is 4.13. The highest BCUT2D eigenvalue weighted by atomic mass is 35.5. The Morgan fingerprint density at radius 2 is 1.82 bits per heavy atom. The van der Waals surface area contributed by atoms with Gasteiger partial charge in [0.2, 0.25) is 10.0 Å². The molecule has 0 unspecified atom stereocenters. The van der Waals surface area contributed by atoms with Gasteiger partial charge in [-0.2, -0.15) is 4.31 Å². The quantitative estimate of drug-likeness (QED) is 0.803. The fraction of sp³-hybridized carbons (Fsp3) is 0.600. The van der Waals surface area contributed by atoms with Gasteiger partial charge >= 0.3 is 0 Å². The van der Waals surface area contributed by atoms with E-state index in [0.29, 0.717) is 24.0 Å². The maximum absolute atomic E-state index is 12.6. The Morgan fingerprint density at radius 3 is 2.36 bits per heavy atom. The summed E-state index contributed by atoms with van der Waals surface area (Å²) in [5.41, 5.74) is 0. The van der Waals surface area contributed by atoms with Crippen LogP contribution in [0, 0.1) is 5.92 Å². The van der Waals surface area contributed by atoms with Gasteiger partial charge < -0.3 is 4.90 Å². The minimum atomic E-state index is -3.42. The first-order valence-electron chi connectivity index (χ1n) is 7.37. The first kappa shape index (κ1) is 19.7. The van der Waals surface area contributed by atoms with E-state index in [2.05, 4.69) is 18.7 Å². The second kappa shape index (κ2) is 8.50. The summed E-state index contributed by atoms with van der Waals surface area (Å²) in [6.45, 7) is 8.15. The summed E-state index contributed by atoms with van der Waals surface area (Å²) in [7, 11) is -3.42. The van der Waals surface area contributed by atoms with Gasteiger partial charge in [0.25, 0.3) is 0 Å². The van der Waals surface area contributed by atoms with Crippen LogP contribution in [0.3, 0.4) is 0 Å². The van der Waals surface area contributed by atoms with Gasteiger partial charge in [-0.15, -0.1) is 12.4 Å². The molecule has 1 aliphatic heterocycles. The number of halogens is 2. The molecule has 0 spiro atoms. The lowest BCUT2D eigenvalue weighted by molar-refractivity contribution is 0.180. The van der Waals surface area contributed by atoms with Crippen LogP contribution < -0.4 is 0 Å². The zero-order chi connectivity index (χ0) is 15.5. The smallest absolute Gasteiger partial charge is 0.243 e. The molecule has 0 bridgehead atoms. The largest absolute Gasteiger partial charge is 0.301 e. The number of rotatable bonds is 5. The first-order chi connectivity index (χ1) is 9.89. The molecule has 2 rings (SSSR count). The summed E-state index contributed by atoms with van der Waals surface area (Å²) < 4.78 is 26.7. The van der Waals surface area contributed by atoms with Crippen molar-refractivity contribution in [1.82, 2.24) is 9.21 Å². The van der Waals surface area contributed by atoms with Crippen molar-refractivity contribution in [2.75, 3.05) is 32.7 Å². The van der Waals surface area contributed by atoms with Gasteiger partial charge in [-0.05, 0) is 37.1 Å². The standard InChI is InChI=1S/C15H23ClN2O2S.ClH/c1-13(2)6-7-17-8-10-18(11-9-17)21(19,20)15-5-3-4-14(16)12-15;/h3-5,12-13H,6-11H2,1-2H3;1H. The Hall–Kier alpha value is -0.330. The van der Waals surface area contributed by atoms with E-state index in [9.17, 15) is 8.42 Å². The molecule has 1 fully saturated rings. The molecule has 7 heteroatoms. The van der Waals surface area contributed by atoms with Gasteiger partial charge in [0, 0.05) is 31.2 Å². The van der Waals surface area contributed by atoms with Gasteiger partial charge in [-0.25, -0.2) is 8.42 Å². The molecule has 0 amide bonds. The van der Waals surface area contributed by atoms with Gasteiger partial charge in [-0.1, -0.05) is 31.5 Å². The molecular formula is C15H24Cl2N2O2S. The van der Waals surface area contributed by atoms with Crippen molar-refractivity contribution in [3.05, 3.63) is 29.3 Å². The molecule has 1 aliphatic rings. The van der Waals surface area contributed by atoms with Crippen molar-refractivity contribution in [3.63, 3.8) is 0 Å². The summed E-state index contributed by atoms with van der Waals surface area (Å²) in [5.74, 6) is 0.679. The third-order valence-corrected chi connectivity index (χ3v) is 5.92. The van der Waals surface area contributed by atoms with Crippen molar-refractivity contribution < 1.29 is 8.42 Å². The van der Waals surface area contributed by atoms with Crippen LogP contribution >= 0.6 is 24.0 Å². The predicted octanol–water partition coefficient (Wildman–Crippen LogP) is 3.11.